The lowest BCUT2D eigenvalue weighted by Gasteiger charge is -2.17. The molecule has 2 unspecified atom stereocenters. The van der Waals surface area contributed by atoms with Gasteiger partial charge in [-0.1, -0.05) is 26.7 Å². The van der Waals surface area contributed by atoms with Gasteiger partial charge in [-0.15, -0.1) is 0 Å². The fourth-order valence-electron chi connectivity index (χ4n) is 2.47. The minimum Gasteiger partial charge on any atom is -0.493 e. The van der Waals surface area contributed by atoms with Gasteiger partial charge in [-0.2, -0.15) is 0 Å². The van der Waals surface area contributed by atoms with E-state index >= 15 is 0 Å². The normalized spacial score (nSPS) is 16.2. The molecule has 0 saturated heterocycles. The molecule has 0 radical (unpaired) electrons. The van der Waals surface area contributed by atoms with E-state index in [1.165, 1.54) is 0 Å². The average Bonchev–Trinajstić information content (AvgIpc) is 2.85. The Kier molecular flexibility index (Phi) is 4.53. The molecule has 1 heterocycles. The Balaban J connectivity index is 2.16. The number of rotatable bonds is 6. The van der Waals surface area contributed by atoms with Gasteiger partial charge >= 0.3 is 0 Å². The molecule has 0 aliphatic carbocycles. The summed E-state index contributed by atoms with van der Waals surface area (Å²) in [5.41, 5.74) is 0.823. The summed E-state index contributed by atoms with van der Waals surface area (Å²) >= 11 is 0. The van der Waals surface area contributed by atoms with Gasteiger partial charge in [-0.3, -0.25) is 0 Å². The minimum atomic E-state index is -0.495. The Labute approximate surface area is 114 Å². The van der Waals surface area contributed by atoms with Crippen LogP contribution in [-0.4, -0.2) is 19.0 Å². The summed E-state index contributed by atoms with van der Waals surface area (Å²) in [6, 6.07) is 3.67. The van der Waals surface area contributed by atoms with Crippen LogP contribution in [0.25, 0.3) is 0 Å². The van der Waals surface area contributed by atoms with Crippen molar-refractivity contribution in [1.29, 1.82) is 0 Å². The van der Waals surface area contributed by atoms with Crippen LogP contribution < -0.4 is 14.2 Å². The number of ether oxygens (including phenoxy) is 3. The summed E-state index contributed by atoms with van der Waals surface area (Å²) in [6.07, 6.45) is 2.51. The Morgan fingerprint density at radius 3 is 2.84 bits per heavy atom. The van der Waals surface area contributed by atoms with Crippen molar-refractivity contribution < 1.29 is 19.3 Å². The van der Waals surface area contributed by atoms with Gasteiger partial charge in [0.2, 0.25) is 12.5 Å². The number of hydrogen-bond acceptors (Lipinski definition) is 4. The highest BCUT2D eigenvalue weighted by Gasteiger charge is 2.23. The van der Waals surface area contributed by atoms with Gasteiger partial charge in [0, 0.05) is 0 Å². The van der Waals surface area contributed by atoms with Gasteiger partial charge in [-0.25, -0.2) is 0 Å². The molecular formula is C15H22O4. The van der Waals surface area contributed by atoms with E-state index in [0.29, 0.717) is 23.2 Å². The van der Waals surface area contributed by atoms with Crippen molar-refractivity contribution in [2.24, 2.45) is 5.92 Å². The Morgan fingerprint density at radius 2 is 2.16 bits per heavy atom. The molecule has 4 nitrogen and oxygen atoms in total. The first-order valence-corrected chi connectivity index (χ1v) is 6.81. The average molecular weight is 266 g/mol. The lowest BCUT2D eigenvalue weighted by Crippen LogP contribution is -2.05. The van der Waals surface area contributed by atoms with Crippen molar-refractivity contribution in [3.8, 4) is 17.2 Å². The van der Waals surface area contributed by atoms with E-state index in [1.54, 1.807) is 7.11 Å². The standard InChI is InChI=1S/C15H22O4/c1-4-5-10(2)6-12(16)11-7-13(17-3)15-14(8-11)18-9-19-15/h7-8,10,12,16H,4-6,9H2,1-3H3. The maximum Gasteiger partial charge on any atom is 0.231 e. The predicted octanol–water partition coefficient (Wildman–Crippen LogP) is 3.28. The van der Waals surface area contributed by atoms with Crippen LogP contribution in [0.3, 0.4) is 0 Å². The first-order chi connectivity index (χ1) is 9.15. The van der Waals surface area contributed by atoms with Crippen molar-refractivity contribution in [3.63, 3.8) is 0 Å². The quantitative estimate of drug-likeness (QED) is 0.858. The van der Waals surface area contributed by atoms with Gasteiger partial charge in [0.15, 0.2) is 11.5 Å². The zero-order valence-electron chi connectivity index (χ0n) is 11.8. The van der Waals surface area contributed by atoms with E-state index in [4.69, 9.17) is 14.2 Å². The first-order valence-electron chi connectivity index (χ1n) is 6.81. The fraction of sp³-hybridized carbons (Fsp3) is 0.600. The number of aliphatic hydroxyl groups excluding tert-OH is 1. The van der Waals surface area contributed by atoms with E-state index in [2.05, 4.69) is 13.8 Å². The molecule has 2 rings (SSSR count). The lowest BCUT2D eigenvalue weighted by atomic mass is 9.94. The SMILES string of the molecule is CCCC(C)CC(O)c1cc(OC)c2c(c1)OCO2. The fourth-order valence-corrected chi connectivity index (χ4v) is 2.47. The molecule has 4 heteroatoms. The van der Waals surface area contributed by atoms with Crippen LogP contribution in [0.15, 0.2) is 12.1 Å². The molecule has 2 atom stereocenters. The zero-order chi connectivity index (χ0) is 13.8. The highest BCUT2D eigenvalue weighted by atomic mass is 16.7. The summed E-state index contributed by atoms with van der Waals surface area (Å²) in [5, 5.41) is 10.3. The molecule has 0 amide bonds. The van der Waals surface area contributed by atoms with E-state index in [-0.39, 0.29) is 6.79 Å². The third kappa shape index (κ3) is 3.13. The number of methoxy groups -OCH3 is 1. The van der Waals surface area contributed by atoms with Gasteiger partial charge in [0.05, 0.1) is 13.2 Å². The second-order valence-corrected chi connectivity index (χ2v) is 5.10. The summed E-state index contributed by atoms with van der Waals surface area (Å²) in [5.74, 6) is 2.39. The van der Waals surface area contributed by atoms with Crippen LogP contribution in [-0.2, 0) is 0 Å². The molecule has 0 saturated carbocycles. The van der Waals surface area contributed by atoms with E-state index in [1.807, 2.05) is 12.1 Å². The molecule has 0 spiro atoms. The molecule has 1 aliphatic rings. The van der Waals surface area contributed by atoms with Crippen molar-refractivity contribution in [2.75, 3.05) is 13.9 Å². The maximum absolute atomic E-state index is 10.3. The first kappa shape index (κ1) is 14.0. The number of hydrogen-bond donors (Lipinski definition) is 1. The smallest absolute Gasteiger partial charge is 0.231 e. The summed E-state index contributed by atoms with van der Waals surface area (Å²) < 4.78 is 16.0. The van der Waals surface area contributed by atoms with Gasteiger partial charge < -0.3 is 19.3 Å². The topological polar surface area (TPSA) is 47.9 Å². The minimum absolute atomic E-state index is 0.206. The van der Waals surface area contributed by atoms with Crippen molar-refractivity contribution in [3.05, 3.63) is 17.7 Å². The highest BCUT2D eigenvalue weighted by Crippen LogP contribution is 2.43. The molecule has 0 bridgehead atoms. The molecule has 1 N–H and O–H groups in total. The van der Waals surface area contributed by atoms with Gasteiger partial charge in [0.1, 0.15) is 0 Å². The van der Waals surface area contributed by atoms with Crippen molar-refractivity contribution in [1.82, 2.24) is 0 Å². The Morgan fingerprint density at radius 1 is 1.37 bits per heavy atom. The van der Waals surface area contributed by atoms with Crippen LogP contribution in [0.1, 0.15) is 44.8 Å². The van der Waals surface area contributed by atoms with Crippen LogP contribution >= 0.6 is 0 Å². The van der Waals surface area contributed by atoms with E-state index in [9.17, 15) is 5.11 Å². The molecule has 0 fully saturated rings. The summed E-state index contributed by atoms with van der Waals surface area (Å²) in [4.78, 5) is 0. The number of fused-ring (bicyclic) bond motifs is 1. The molecule has 19 heavy (non-hydrogen) atoms. The molecule has 1 aliphatic heterocycles. The molecule has 106 valence electrons. The number of aliphatic hydroxyl groups is 1. The molecule has 1 aromatic rings. The van der Waals surface area contributed by atoms with Crippen LogP contribution in [0.4, 0.5) is 0 Å². The molecule has 0 aromatic heterocycles. The third-order valence-electron chi connectivity index (χ3n) is 3.47. The van der Waals surface area contributed by atoms with E-state index < -0.39 is 6.10 Å². The monoisotopic (exact) mass is 266 g/mol. The second kappa shape index (κ2) is 6.15. The van der Waals surface area contributed by atoms with Crippen molar-refractivity contribution >= 4 is 0 Å². The molecular weight excluding hydrogens is 244 g/mol. The zero-order valence-corrected chi connectivity index (χ0v) is 11.8. The Bertz CT molecular complexity index is 430. The lowest BCUT2D eigenvalue weighted by molar-refractivity contribution is 0.144. The Hall–Kier alpha value is -1.42. The van der Waals surface area contributed by atoms with Gasteiger partial charge in [0.25, 0.3) is 0 Å². The van der Waals surface area contributed by atoms with Crippen LogP contribution in [0.5, 0.6) is 17.2 Å². The predicted molar refractivity (Wildman–Crippen MR) is 72.8 cm³/mol. The second-order valence-electron chi connectivity index (χ2n) is 5.10. The summed E-state index contributed by atoms with van der Waals surface area (Å²) in [6.45, 7) is 4.53. The molecule has 1 aromatic carbocycles. The van der Waals surface area contributed by atoms with Crippen LogP contribution in [0.2, 0.25) is 0 Å². The number of benzene rings is 1. The third-order valence-corrected chi connectivity index (χ3v) is 3.47. The van der Waals surface area contributed by atoms with Crippen molar-refractivity contribution in [2.45, 2.75) is 39.2 Å². The van der Waals surface area contributed by atoms with Gasteiger partial charge in [-0.05, 0) is 30.0 Å². The highest BCUT2D eigenvalue weighted by molar-refractivity contribution is 5.55. The summed E-state index contributed by atoms with van der Waals surface area (Å²) in [7, 11) is 1.59. The maximum atomic E-state index is 10.3. The largest absolute Gasteiger partial charge is 0.493 e. The van der Waals surface area contributed by atoms with E-state index in [0.717, 1.165) is 24.8 Å². The van der Waals surface area contributed by atoms with Crippen LogP contribution in [0, 0.1) is 5.92 Å².